The fourth-order valence-corrected chi connectivity index (χ4v) is 3.10. The molecule has 5 heteroatoms. The number of benzene rings is 1. The maximum Gasteiger partial charge on any atom is 0.355 e. The van der Waals surface area contributed by atoms with E-state index in [4.69, 9.17) is 9.78 Å². The van der Waals surface area contributed by atoms with Crippen LogP contribution in [0.1, 0.15) is 83.6 Å². The molecule has 0 saturated carbocycles. The van der Waals surface area contributed by atoms with E-state index < -0.39 is 0 Å². The zero-order chi connectivity index (χ0) is 20.7. The highest BCUT2D eigenvalue weighted by molar-refractivity contribution is 5.68. The third-order valence-electron chi connectivity index (χ3n) is 4.82. The molecule has 0 amide bonds. The predicted octanol–water partition coefficient (Wildman–Crippen LogP) is 6.46. The second kappa shape index (κ2) is 13.7. The summed E-state index contributed by atoms with van der Waals surface area (Å²) in [6, 6.07) is 7.20. The number of nitrogens with zero attached hydrogens (tertiary/aromatic N) is 2. The summed E-state index contributed by atoms with van der Waals surface area (Å²) >= 11 is 0. The zero-order valence-corrected chi connectivity index (χ0v) is 17.9. The van der Waals surface area contributed by atoms with Gasteiger partial charge in [0.25, 0.3) is 0 Å². The van der Waals surface area contributed by atoms with Gasteiger partial charge in [0.05, 0.1) is 0 Å². The standard InChI is InChI=1S/C24H34N2O3/c1-3-5-6-7-8-9-10-11-13-20-18-25-24(26-19-20)21-14-16-22(17-15-21)28-29-23(27)12-4-2/h14-19H,3-13H2,1-2H3. The number of carbonyl (C=O) groups excluding carboxylic acids is 1. The number of carbonyl (C=O) groups is 1. The first-order chi connectivity index (χ1) is 14.2. The molecule has 0 aliphatic rings. The number of aryl methyl sites for hydroxylation is 1. The highest BCUT2D eigenvalue weighted by Crippen LogP contribution is 2.20. The number of hydrogen-bond donors (Lipinski definition) is 0. The quantitative estimate of drug-likeness (QED) is 0.207. The van der Waals surface area contributed by atoms with Gasteiger partial charge in [-0.05, 0) is 49.1 Å². The summed E-state index contributed by atoms with van der Waals surface area (Å²) in [5.41, 5.74) is 2.08. The topological polar surface area (TPSA) is 61.3 Å². The molecular weight excluding hydrogens is 364 g/mol. The van der Waals surface area contributed by atoms with Crippen LogP contribution in [0.4, 0.5) is 0 Å². The lowest BCUT2D eigenvalue weighted by atomic mass is 10.1. The van der Waals surface area contributed by atoms with Crippen molar-refractivity contribution in [2.24, 2.45) is 0 Å². The van der Waals surface area contributed by atoms with Gasteiger partial charge in [0, 0.05) is 24.4 Å². The van der Waals surface area contributed by atoms with E-state index in [9.17, 15) is 4.79 Å². The fourth-order valence-electron chi connectivity index (χ4n) is 3.10. The van der Waals surface area contributed by atoms with Crippen LogP contribution < -0.4 is 4.89 Å². The van der Waals surface area contributed by atoms with E-state index in [-0.39, 0.29) is 5.97 Å². The van der Waals surface area contributed by atoms with Crippen LogP contribution >= 0.6 is 0 Å². The molecule has 1 aromatic heterocycles. The first kappa shape index (κ1) is 22.9. The number of unbranched alkanes of at least 4 members (excludes halogenated alkanes) is 7. The molecule has 0 saturated heterocycles. The van der Waals surface area contributed by atoms with E-state index in [0.717, 1.165) is 18.4 Å². The van der Waals surface area contributed by atoms with Crippen molar-refractivity contribution in [3.8, 4) is 17.1 Å². The van der Waals surface area contributed by atoms with Crippen molar-refractivity contribution in [1.82, 2.24) is 9.97 Å². The zero-order valence-electron chi connectivity index (χ0n) is 17.9. The van der Waals surface area contributed by atoms with Crippen LogP contribution in [0.15, 0.2) is 36.7 Å². The van der Waals surface area contributed by atoms with E-state index in [1.165, 1.54) is 56.9 Å². The van der Waals surface area contributed by atoms with E-state index in [1.54, 1.807) is 12.1 Å². The van der Waals surface area contributed by atoms with E-state index >= 15 is 0 Å². The highest BCUT2D eigenvalue weighted by atomic mass is 17.2. The van der Waals surface area contributed by atoms with Crippen LogP contribution in [0.2, 0.25) is 0 Å². The molecular formula is C24H34N2O3. The van der Waals surface area contributed by atoms with Crippen molar-refractivity contribution in [2.75, 3.05) is 0 Å². The molecule has 0 fully saturated rings. The summed E-state index contributed by atoms with van der Waals surface area (Å²) in [5.74, 6) is 0.788. The van der Waals surface area contributed by atoms with Crippen molar-refractivity contribution in [3.05, 3.63) is 42.2 Å². The van der Waals surface area contributed by atoms with Gasteiger partial charge >= 0.3 is 5.97 Å². The number of rotatable bonds is 14. The lowest BCUT2D eigenvalue weighted by Crippen LogP contribution is -2.06. The molecule has 0 radical (unpaired) electrons. The second-order valence-electron chi connectivity index (χ2n) is 7.45. The largest absolute Gasteiger partial charge is 0.355 e. The van der Waals surface area contributed by atoms with Gasteiger partial charge in [-0.3, -0.25) is 9.78 Å². The Morgan fingerprint density at radius 1 is 0.828 bits per heavy atom. The third-order valence-corrected chi connectivity index (χ3v) is 4.82. The maximum absolute atomic E-state index is 11.3. The van der Waals surface area contributed by atoms with Gasteiger partial charge in [-0.15, -0.1) is 0 Å². The Labute approximate surface area is 174 Å². The average molecular weight is 399 g/mol. The molecule has 29 heavy (non-hydrogen) atoms. The van der Waals surface area contributed by atoms with Gasteiger partial charge in [0.15, 0.2) is 11.6 Å². The molecule has 0 bridgehead atoms. The summed E-state index contributed by atoms with van der Waals surface area (Å²) in [6.45, 7) is 4.17. The Balaban J connectivity index is 1.71. The molecule has 0 aliphatic carbocycles. The van der Waals surface area contributed by atoms with Crippen LogP contribution in [0.5, 0.6) is 5.75 Å². The van der Waals surface area contributed by atoms with Gasteiger partial charge in [-0.25, -0.2) is 14.8 Å². The molecule has 158 valence electrons. The van der Waals surface area contributed by atoms with E-state index in [2.05, 4.69) is 16.9 Å². The molecule has 0 N–H and O–H groups in total. The van der Waals surface area contributed by atoms with Crippen molar-refractivity contribution in [2.45, 2.75) is 84.5 Å². The summed E-state index contributed by atoms with van der Waals surface area (Å²) in [6.07, 6.45) is 16.5. The Morgan fingerprint density at radius 3 is 2.07 bits per heavy atom. The molecule has 0 unspecified atom stereocenters. The van der Waals surface area contributed by atoms with Gasteiger partial charge in [-0.1, -0.05) is 58.8 Å². The first-order valence-corrected chi connectivity index (χ1v) is 11.0. The minimum absolute atomic E-state index is 0.344. The Kier molecular flexibility index (Phi) is 10.8. The monoisotopic (exact) mass is 398 g/mol. The lowest BCUT2D eigenvalue weighted by Gasteiger charge is -2.06. The van der Waals surface area contributed by atoms with Crippen LogP contribution in [0.3, 0.4) is 0 Å². The molecule has 0 aliphatic heterocycles. The van der Waals surface area contributed by atoms with Crippen molar-refractivity contribution < 1.29 is 14.6 Å². The van der Waals surface area contributed by atoms with Crippen molar-refractivity contribution in [3.63, 3.8) is 0 Å². The molecule has 0 atom stereocenters. The van der Waals surface area contributed by atoms with Crippen LogP contribution in [-0.2, 0) is 16.1 Å². The van der Waals surface area contributed by atoms with E-state index in [1.807, 2.05) is 31.5 Å². The minimum Gasteiger partial charge on any atom is -0.287 e. The molecule has 1 aromatic carbocycles. The Hall–Kier alpha value is -2.43. The number of hydrogen-bond acceptors (Lipinski definition) is 5. The Bertz CT molecular complexity index is 699. The smallest absolute Gasteiger partial charge is 0.287 e. The summed E-state index contributed by atoms with van der Waals surface area (Å²) < 4.78 is 0. The van der Waals surface area contributed by atoms with Gasteiger partial charge < -0.3 is 0 Å². The van der Waals surface area contributed by atoms with Crippen LogP contribution in [-0.4, -0.2) is 15.9 Å². The molecule has 5 nitrogen and oxygen atoms in total. The first-order valence-electron chi connectivity index (χ1n) is 11.0. The fraction of sp³-hybridized carbons (Fsp3) is 0.542. The molecule has 1 heterocycles. The molecule has 2 rings (SSSR count). The van der Waals surface area contributed by atoms with Crippen molar-refractivity contribution in [1.29, 1.82) is 0 Å². The van der Waals surface area contributed by atoms with Crippen molar-refractivity contribution >= 4 is 5.97 Å². The average Bonchev–Trinajstić information content (AvgIpc) is 2.75. The SMILES string of the molecule is CCCCCCCCCCc1cnc(-c2ccc(OOC(=O)CCC)cc2)nc1. The second-order valence-corrected chi connectivity index (χ2v) is 7.45. The number of aromatic nitrogens is 2. The van der Waals surface area contributed by atoms with Gasteiger partial charge in [-0.2, -0.15) is 0 Å². The maximum atomic E-state index is 11.3. The summed E-state index contributed by atoms with van der Waals surface area (Å²) in [5, 5.41) is 0. The predicted molar refractivity (Wildman–Crippen MR) is 115 cm³/mol. The van der Waals surface area contributed by atoms with Crippen LogP contribution in [0, 0.1) is 0 Å². The normalized spacial score (nSPS) is 10.7. The Morgan fingerprint density at radius 2 is 1.45 bits per heavy atom. The molecule has 0 spiro atoms. The summed E-state index contributed by atoms with van der Waals surface area (Å²) in [4.78, 5) is 30.1. The highest BCUT2D eigenvalue weighted by Gasteiger charge is 2.06. The minimum atomic E-state index is -0.369. The van der Waals surface area contributed by atoms with E-state index in [0.29, 0.717) is 18.0 Å². The van der Waals surface area contributed by atoms with Gasteiger partial charge in [0.1, 0.15) is 0 Å². The van der Waals surface area contributed by atoms with Crippen LogP contribution in [0.25, 0.3) is 11.4 Å². The summed E-state index contributed by atoms with van der Waals surface area (Å²) in [7, 11) is 0. The third kappa shape index (κ3) is 9.07. The van der Waals surface area contributed by atoms with Gasteiger partial charge in [0.2, 0.25) is 0 Å². The lowest BCUT2D eigenvalue weighted by molar-refractivity contribution is -0.213. The molecule has 2 aromatic rings.